The van der Waals surface area contributed by atoms with Crippen molar-refractivity contribution >= 4 is 11.9 Å². The summed E-state index contributed by atoms with van der Waals surface area (Å²) in [5, 5.41) is 8.46. The first-order valence-corrected chi connectivity index (χ1v) is 7.39. The molecule has 0 aliphatic carbocycles. The maximum Gasteiger partial charge on any atom is 0.185 e. The van der Waals surface area contributed by atoms with Crippen LogP contribution in [-0.4, -0.2) is 19.0 Å². The lowest BCUT2D eigenvalue weighted by molar-refractivity contribution is 0.104. The topological polar surface area (TPSA) is 59.3 Å². The zero-order valence-electron chi connectivity index (χ0n) is 13.1. The minimum absolute atomic E-state index is 0.0164. The molecule has 0 bridgehead atoms. The maximum atomic E-state index is 12.2. The number of carbonyl (C=O) groups is 1. The predicted octanol–water partition coefficient (Wildman–Crippen LogP) is 4.05. The minimum Gasteiger partial charge on any atom is -0.490 e. The van der Waals surface area contributed by atoms with Crippen molar-refractivity contribution in [1.29, 1.82) is 5.26 Å². The Morgan fingerprint density at radius 2 is 1.92 bits per heavy atom. The van der Waals surface area contributed by atoms with Gasteiger partial charge in [0, 0.05) is 5.56 Å². The molecule has 0 spiro atoms. The van der Waals surface area contributed by atoms with Crippen LogP contribution in [-0.2, 0) is 0 Å². The van der Waals surface area contributed by atoms with Crippen LogP contribution in [0.2, 0.25) is 0 Å². The summed E-state index contributed by atoms with van der Waals surface area (Å²) in [6, 6.07) is 16.0. The Hall–Kier alpha value is -3.32. The first-order chi connectivity index (χ1) is 11.7. The molecule has 0 saturated carbocycles. The number of hydrogen-bond donors (Lipinski definition) is 0. The third-order valence-corrected chi connectivity index (χ3v) is 3.10. The van der Waals surface area contributed by atoms with E-state index in [9.17, 15) is 4.79 Å². The van der Waals surface area contributed by atoms with Crippen molar-refractivity contribution in [1.82, 2.24) is 0 Å². The predicted molar refractivity (Wildman–Crippen MR) is 93.0 cm³/mol. The maximum absolute atomic E-state index is 12.2. The SMILES string of the molecule is C=CCOc1cccc(/C=C/C(=O)c2ccc(OCC#N)cc2)c1. The highest BCUT2D eigenvalue weighted by Crippen LogP contribution is 2.16. The first-order valence-electron chi connectivity index (χ1n) is 7.39. The zero-order valence-corrected chi connectivity index (χ0v) is 13.1. The molecule has 0 fully saturated rings. The molecule has 0 aliphatic rings. The van der Waals surface area contributed by atoms with E-state index in [-0.39, 0.29) is 12.4 Å². The summed E-state index contributed by atoms with van der Waals surface area (Å²) in [6.07, 6.45) is 4.93. The summed E-state index contributed by atoms with van der Waals surface area (Å²) in [7, 11) is 0. The van der Waals surface area contributed by atoms with E-state index in [4.69, 9.17) is 14.7 Å². The summed E-state index contributed by atoms with van der Waals surface area (Å²) in [5.74, 6) is 1.17. The Balaban J connectivity index is 2.02. The lowest BCUT2D eigenvalue weighted by Gasteiger charge is -2.04. The Morgan fingerprint density at radius 3 is 2.62 bits per heavy atom. The van der Waals surface area contributed by atoms with Crippen LogP contribution < -0.4 is 9.47 Å². The average Bonchev–Trinajstić information content (AvgIpc) is 2.63. The van der Waals surface area contributed by atoms with Gasteiger partial charge in [-0.15, -0.1) is 0 Å². The van der Waals surface area contributed by atoms with Crippen LogP contribution in [0, 0.1) is 11.3 Å². The minimum atomic E-state index is -0.112. The Labute approximate surface area is 141 Å². The van der Waals surface area contributed by atoms with Crippen LogP contribution in [0.25, 0.3) is 6.08 Å². The van der Waals surface area contributed by atoms with Gasteiger partial charge in [-0.25, -0.2) is 0 Å². The molecule has 0 radical (unpaired) electrons. The molecule has 2 aromatic carbocycles. The van der Waals surface area contributed by atoms with E-state index >= 15 is 0 Å². The highest BCUT2D eigenvalue weighted by Gasteiger charge is 2.02. The summed E-state index contributed by atoms with van der Waals surface area (Å²) >= 11 is 0. The second-order valence-corrected chi connectivity index (χ2v) is 4.84. The van der Waals surface area contributed by atoms with Crippen LogP contribution in [0.4, 0.5) is 0 Å². The van der Waals surface area contributed by atoms with Crippen molar-refractivity contribution in [3.8, 4) is 17.6 Å². The molecule has 120 valence electrons. The quantitative estimate of drug-likeness (QED) is 0.418. The fourth-order valence-electron chi connectivity index (χ4n) is 1.96. The number of ether oxygens (including phenoxy) is 2. The van der Waals surface area contributed by atoms with E-state index < -0.39 is 0 Å². The number of rotatable bonds is 8. The fourth-order valence-corrected chi connectivity index (χ4v) is 1.96. The molecule has 0 atom stereocenters. The van der Waals surface area contributed by atoms with Gasteiger partial charge >= 0.3 is 0 Å². The van der Waals surface area contributed by atoms with Crippen molar-refractivity contribution in [2.45, 2.75) is 0 Å². The highest BCUT2D eigenvalue weighted by molar-refractivity contribution is 6.06. The van der Waals surface area contributed by atoms with Gasteiger partial charge in [0.25, 0.3) is 0 Å². The molecule has 4 nitrogen and oxygen atoms in total. The third-order valence-electron chi connectivity index (χ3n) is 3.10. The average molecular weight is 319 g/mol. The van der Waals surface area contributed by atoms with E-state index in [1.807, 2.05) is 30.3 Å². The molecule has 0 unspecified atom stereocenters. The molecule has 2 aromatic rings. The summed E-state index contributed by atoms with van der Waals surface area (Å²) in [6.45, 7) is 4.03. The van der Waals surface area contributed by atoms with Crippen LogP contribution in [0.1, 0.15) is 15.9 Å². The van der Waals surface area contributed by atoms with Gasteiger partial charge in [0.15, 0.2) is 12.4 Å². The smallest absolute Gasteiger partial charge is 0.185 e. The second-order valence-electron chi connectivity index (χ2n) is 4.84. The second kappa shape index (κ2) is 8.96. The van der Waals surface area contributed by atoms with E-state index in [0.29, 0.717) is 17.9 Å². The van der Waals surface area contributed by atoms with E-state index in [1.54, 1.807) is 36.4 Å². The summed E-state index contributed by atoms with van der Waals surface area (Å²) in [5.41, 5.74) is 1.42. The van der Waals surface area contributed by atoms with Gasteiger partial charge in [0.05, 0.1) is 0 Å². The van der Waals surface area contributed by atoms with E-state index in [1.165, 1.54) is 6.08 Å². The number of nitriles is 1. The number of allylic oxidation sites excluding steroid dienone is 1. The molecule has 0 heterocycles. The van der Waals surface area contributed by atoms with Gasteiger partial charge in [-0.05, 0) is 48.0 Å². The third kappa shape index (κ3) is 5.15. The Kier molecular flexibility index (Phi) is 6.36. The van der Waals surface area contributed by atoms with Crippen LogP contribution >= 0.6 is 0 Å². The lowest BCUT2D eigenvalue weighted by Crippen LogP contribution is -1.96. The fraction of sp³-hybridized carbons (Fsp3) is 0.100. The van der Waals surface area contributed by atoms with Crippen LogP contribution in [0.5, 0.6) is 11.5 Å². The number of benzene rings is 2. The Morgan fingerprint density at radius 1 is 1.12 bits per heavy atom. The molecular weight excluding hydrogens is 302 g/mol. The van der Waals surface area contributed by atoms with Crippen molar-refractivity contribution < 1.29 is 14.3 Å². The molecule has 4 heteroatoms. The lowest BCUT2D eigenvalue weighted by atomic mass is 10.1. The monoisotopic (exact) mass is 319 g/mol. The highest BCUT2D eigenvalue weighted by atomic mass is 16.5. The summed E-state index contributed by atoms with van der Waals surface area (Å²) in [4.78, 5) is 12.2. The van der Waals surface area contributed by atoms with Gasteiger partial charge < -0.3 is 9.47 Å². The summed E-state index contributed by atoms with van der Waals surface area (Å²) < 4.78 is 10.6. The van der Waals surface area contributed by atoms with Crippen LogP contribution in [0.15, 0.2) is 67.3 Å². The Bertz CT molecular complexity index is 770. The first kappa shape index (κ1) is 17.0. The molecule has 0 aromatic heterocycles. The van der Waals surface area contributed by atoms with Gasteiger partial charge in [0.2, 0.25) is 0 Å². The normalized spacial score (nSPS) is 10.1. The molecular formula is C20H17NO3. The number of nitrogens with zero attached hydrogens (tertiary/aromatic N) is 1. The molecule has 0 aliphatic heterocycles. The van der Waals surface area contributed by atoms with Gasteiger partial charge in [0.1, 0.15) is 24.2 Å². The van der Waals surface area contributed by atoms with E-state index in [0.717, 1.165) is 11.3 Å². The van der Waals surface area contributed by atoms with Gasteiger partial charge in [-0.1, -0.05) is 30.9 Å². The number of ketones is 1. The molecule has 24 heavy (non-hydrogen) atoms. The number of hydrogen-bond acceptors (Lipinski definition) is 4. The van der Waals surface area contributed by atoms with Crippen molar-refractivity contribution in [3.05, 3.63) is 78.4 Å². The van der Waals surface area contributed by atoms with Crippen molar-refractivity contribution in [2.75, 3.05) is 13.2 Å². The molecule has 0 amide bonds. The zero-order chi connectivity index (χ0) is 17.2. The van der Waals surface area contributed by atoms with E-state index in [2.05, 4.69) is 6.58 Å². The number of carbonyl (C=O) groups excluding carboxylic acids is 1. The van der Waals surface area contributed by atoms with Crippen molar-refractivity contribution in [3.63, 3.8) is 0 Å². The van der Waals surface area contributed by atoms with Crippen molar-refractivity contribution in [2.24, 2.45) is 0 Å². The van der Waals surface area contributed by atoms with Gasteiger partial charge in [-0.2, -0.15) is 5.26 Å². The largest absolute Gasteiger partial charge is 0.490 e. The molecule has 0 saturated heterocycles. The van der Waals surface area contributed by atoms with Crippen LogP contribution in [0.3, 0.4) is 0 Å². The molecule has 0 N–H and O–H groups in total. The standard InChI is InChI=1S/C20H17NO3/c1-2-13-23-19-5-3-4-16(15-19)6-11-20(22)17-7-9-18(10-8-17)24-14-12-21/h2-11,15H,1,13-14H2/b11-6+. The van der Waals surface area contributed by atoms with Gasteiger partial charge in [-0.3, -0.25) is 4.79 Å². The molecule has 2 rings (SSSR count).